The second-order valence-corrected chi connectivity index (χ2v) is 9.02. The summed E-state index contributed by atoms with van der Waals surface area (Å²) in [5.41, 5.74) is 2.04. The second-order valence-electron chi connectivity index (χ2n) is 9.02. The van der Waals surface area contributed by atoms with Crippen LogP contribution in [0.1, 0.15) is 50.5 Å². The van der Waals surface area contributed by atoms with Crippen LogP contribution in [-0.2, 0) is 25.8 Å². The minimum atomic E-state index is -0.603. The lowest BCUT2D eigenvalue weighted by Gasteiger charge is -2.41. The fourth-order valence-electron chi connectivity index (χ4n) is 5.85. The molecule has 3 aliphatic carbocycles. The number of imide groups is 1. The van der Waals surface area contributed by atoms with E-state index in [0.717, 1.165) is 5.57 Å². The Kier molecular flexibility index (Phi) is 4.89. The van der Waals surface area contributed by atoms with Crippen molar-refractivity contribution in [2.45, 2.75) is 45.6 Å². The van der Waals surface area contributed by atoms with Crippen LogP contribution in [0.15, 0.2) is 51.0 Å². The molecular formula is C25H25NO6. The SMILES string of the molecule is CCCN1C(=O)C2CC=C3C(c4ccc(CO)o4)C4=C(CC3C2C1=O)C(=O)C(C)=CC4=O. The van der Waals surface area contributed by atoms with Crippen molar-refractivity contribution in [3.05, 3.63) is 58.1 Å². The van der Waals surface area contributed by atoms with Gasteiger partial charge in [0.2, 0.25) is 11.8 Å². The highest BCUT2D eigenvalue weighted by atomic mass is 16.4. The quantitative estimate of drug-likeness (QED) is 0.443. The van der Waals surface area contributed by atoms with E-state index in [0.29, 0.717) is 47.6 Å². The second kappa shape index (κ2) is 7.52. The van der Waals surface area contributed by atoms with Crippen molar-refractivity contribution in [2.75, 3.05) is 6.54 Å². The van der Waals surface area contributed by atoms with Gasteiger partial charge < -0.3 is 9.52 Å². The highest BCUT2D eigenvalue weighted by Crippen LogP contribution is 2.55. The molecule has 7 heteroatoms. The van der Waals surface area contributed by atoms with Gasteiger partial charge in [-0.2, -0.15) is 0 Å². The number of aliphatic hydroxyl groups is 1. The standard InChI is InChI=1S/C25H25NO6/c1-3-8-26-24(30)15-6-5-14-16(20(15)25(26)31)10-17-21(18(28)9-12(2)23(17)29)22(14)19-7-4-13(11-27)32-19/h4-5,7,9,15-16,20,22,27H,3,6,8,10-11H2,1-2H3. The summed E-state index contributed by atoms with van der Waals surface area (Å²) >= 11 is 0. The Labute approximate surface area is 185 Å². The van der Waals surface area contributed by atoms with Gasteiger partial charge in [0.25, 0.3) is 0 Å². The van der Waals surface area contributed by atoms with Crippen LogP contribution in [0.2, 0.25) is 0 Å². The molecule has 1 N–H and O–H groups in total. The van der Waals surface area contributed by atoms with Gasteiger partial charge in [0.1, 0.15) is 18.1 Å². The highest BCUT2D eigenvalue weighted by Gasteiger charge is 2.56. The number of rotatable bonds is 4. The number of furan rings is 1. The van der Waals surface area contributed by atoms with E-state index in [9.17, 15) is 24.3 Å². The molecule has 0 saturated carbocycles. The molecule has 32 heavy (non-hydrogen) atoms. The van der Waals surface area contributed by atoms with Crippen LogP contribution in [0.25, 0.3) is 0 Å². The molecule has 166 valence electrons. The third-order valence-corrected chi connectivity index (χ3v) is 7.22. The molecule has 1 aliphatic heterocycles. The van der Waals surface area contributed by atoms with Crippen molar-refractivity contribution in [2.24, 2.45) is 17.8 Å². The van der Waals surface area contributed by atoms with Gasteiger partial charge in [0, 0.05) is 23.3 Å². The Morgan fingerprint density at radius 1 is 1.12 bits per heavy atom. The maximum absolute atomic E-state index is 13.3. The van der Waals surface area contributed by atoms with E-state index in [1.54, 1.807) is 19.1 Å². The van der Waals surface area contributed by atoms with Crippen molar-refractivity contribution >= 4 is 23.4 Å². The summed E-state index contributed by atoms with van der Waals surface area (Å²) in [6.07, 6.45) is 4.70. The van der Waals surface area contributed by atoms with Gasteiger partial charge in [-0.1, -0.05) is 18.6 Å². The van der Waals surface area contributed by atoms with Crippen LogP contribution >= 0.6 is 0 Å². The molecule has 1 aromatic heterocycles. The van der Waals surface area contributed by atoms with Crippen molar-refractivity contribution in [3.8, 4) is 0 Å². The van der Waals surface area contributed by atoms with Gasteiger partial charge in [0.05, 0.1) is 17.8 Å². The number of hydrogen-bond donors (Lipinski definition) is 1. The van der Waals surface area contributed by atoms with Gasteiger partial charge in [0.15, 0.2) is 11.6 Å². The molecule has 1 saturated heterocycles. The summed E-state index contributed by atoms with van der Waals surface area (Å²) in [5, 5.41) is 9.47. The zero-order valence-corrected chi connectivity index (χ0v) is 18.1. The Morgan fingerprint density at radius 2 is 1.91 bits per heavy atom. The number of nitrogens with zero attached hydrogens (tertiary/aromatic N) is 1. The minimum absolute atomic E-state index is 0.142. The molecule has 0 bridgehead atoms. The number of allylic oxidation sites excluding steroid dienone is 6. The van der Waals surface area contributed by atoms with E-state index in [1.807, 2.05) is 13.0 Å². The van der Waals surface area contributed by atoms with Gasteiger partial charge in [-0.3, -0.25) is 24.1 Å². The van der Waals surface area contributed by atoms with Crippen molar-refractivity contribution < 1.29 is 28.7 Å². The summed E-state index contributed by atoms with van der Waals surface area (Å²) in [4.78, 5) is 53.8. The first-order valence-corrected chi connectivity index (χ1v) is 11.1. The van der Waals surface area contributed by atoms with Crippen LogP contribution in [0.3, 0.4) is 0 Å². The van der Waals surface area contributed by atoms with Crippen molar-refractivity contribution in [1.82, 2.24) is 4.90 Å². The van der Waals surface area contributed by atoms with E-state index in [4.69, 9.17) is 4.42 Å². The number of likely N-dealkylation sites (tertiary alicyclic amines) is 1. The van der Waals surface area contributed by atoms with E-state index in [1.165, 1.54) is 11.0 Å². The first-order valence-electron chi connectivity index (χ1n) is 11.1. The Balaban J connectivity index is 1.65. The molecule has 5 rings (SSSR count). The molecule has 7 nitrogen and oxygen atoms in total. The summed E-state index contributed by atoms with van der Waals surface area (Å²) in [7, 11) is 0. The van der Waals surface area contributed by atoms with Gasteiger partial charge >= 0.3 is 0 Å². The number of carbonyl (C=O) groups is 4. The average Bonchev–Trinajstić information content (AvgIpc) is 3.35. The number of amides is 2. The Hall–Kier alpha value is -3.06. The van der Waals surface area contributed by atoms with Crippen LogP contribution in [0, 0.1) is 17.8 Å². The molecule has 0 radical (unpaired) electrons. The zero-order chi connectivity index (χ0) is 22.7. The van der Waals surface area contributed by atoms with E-state index >= 15 is 0 Å². The van der Waals surface area contributed by atoms with E-state index < -0.39 is 17.8 Å². The first-order chi connectivity index (χ1) is 15.4. The number of Topliss-reactive ketones (excluding diaryl/α,β-unsaturated/α-hetero) is 1. The van der Waals surface area contributed by atoms with Crippen LogP contribution < -0.4 is 0 Å². The topological polar surface area (TPSA) is 105 Å². The fourth-order valence-corrected chi connectivity index (χ4v) is 5.85. The monoisotopic (exact) mass is 435 g/mol. The maximum Gasteiger partial charge on any atom is 0.233 e. The normalized spacial score (nSPS) is 29.7. The highest BCUT2D eigenvalue weighted by molar-refractivity contribution is 6.23. The maximum atomic E-state index is 13.3. The van der Waals surface area contributed by atoms with Gasteiger partial charge in [-0.15, -0.1) is 0 Å². The minimum Gasteiger partial charge on any atom is -0.463 e. The molecule has 1 fully saturated rings. The lowest BCUT2D eigenvalue weighted by atomic mass is 9.60. The zero-order valence-electron chi connectivity index (χ0n) is 18.1. The molecule has 2 amide bonds. The molecule has 2 heterocycles. The average molecular weight is 435 g/mol. The third-order valence-electron chi connectivity index (χ3n) is 7.22. The summed E-state index contributed by atoms with van der Waals surface area (Å²) < 4.78 is 5.83. The first kappa shape index (κ1) is 20.8. The lowest BCUT2D eigenvalue weighted by molar-refractivity contribution is -0.140. The van der Waals surface area contributed by atoms with Crippen LogP contribution in [0.5, 0.6) is 0 Å². The third kappa shape index (κ3) is 2.84. The summed E-state index contributed by atoms with van der Waals surface area (Å²) in [5.74, 6) is -1.83. The number of hydrogen-bond acceptors (Lipinski definition) is 6. The largest absolute Gasteiger partial charge is 0.463 e. The predicted molar refractivity (Wildman–Crippen MR) is 113 cm³/mol. The van der Waals surface area contributed by atoms with Crippen molar-refractivity contribution in [3.63, 3.8) is 0 Å². The molecule has 4 unspecified atom stereocenters. The number of ketones is 2. The number of fused-ring (bicyclic) bond motifs is 3. The Bertz CT molecular complexity index is 1150. The smallest absolute Gasteiger partial charge is 0.233 e. The molecule has 0 spiro atoms. The summed E-state index contributed by atoms with van der Waals surface area (Å²) in [6, 6.07) is 3.36. The van der Waals surface area contributed by atoms with Crippen LogP contribution in [0.4, 0.5) is 0 Å². The molecular weight excluding hydrogens is 410 g/mol. The number of aliphatic hydroxyl groups excluding tert-OH is 1. The lowest BCUT2D eigenvalue weighted by Crippen LogP contribution is -2.39. The van der Waals surface area contributed by atoms with Crippen LogP contribution in [-0.4, -0.2) is 39.9 Å². The molecule has 4 aliphatic rings. The molecule has 0 aromatic carbocycles. The predicted octanol–water partition coefficient (Wildman–Crippen LogP) is 2.61. The fraction of sp³-hybridized carbons (Fsp3) is 0.440. The van der Waals surface area contributed by atoms with E-state index in [-0.39, 0.29) is 42.3 Å². The van der Waals surface area contributed by atoms with Gasteiger partial charge in [-0.05, 0) is 50.3 Å². The molecule has 1 aromatic rings. The molecule has 4 atom stereocenters. The van der Waals surface area contributed by atoms with E-state index in [2.05, 4.69) is 0 Å². The Morgan fingerprint density at radius 3 is 2.59 bits per heavy atom. The van der Waals surface area contributed by atoms with Gasteiger partial charge in [-0.25, -0.2) is 0 Å². The number of carbonyl (C=O) groups excluding carboxylic acids is 4. The summed E-state index contributed by atoms with van der Waals surface area (Å²) in [6.45, 7) is 3.66. The van der Waals surface area contributed by atoms with Crippen molar-refractivity contribution in [1.29, 1.82) is 0 Å².